The summed E-state index contributed by atoms with van der Waals surface area (Å²) in [4.78, 5) is 0. The average Bonchev–Trinajstić information content (AvgIpc) is 3.33. The van der Waals surface area contributed by atoms with Gasteiger partial charge < -0.3 is 4.74 Å². The molecule has 6 heteroatoms. The van der Waals surface area contributed by atoms with E-state index in [2.05, 4.69) is 117 Å². The Morgan fingerprint density at radius 1 is 0.469 bits per heavy atom. The van der Waals surface area contributed by atoms with Crippen LogP contribution in [0.4, 0.5) is 0 Å². The zero-order valence-electron chi connectivity index (χ0n) is 23.0. The third-order valence-electron chi connectivity index (χ3n) is 5.80. The number of hydrogen-bond donors (Lipinski definition) is 0. The van der Waals surface area contributed by atoms with Crippen molar-refractivity contribution in [1.82, 2.24) is 0 Å². The van der Waals surface area contributed by atoms with Crippen LogP contribution in [0.5, 0.6) is 0 Å². The first-order valence-electron chi connectivity index (χ1n) is 12.1. The van der Waals surface area contributed by atoms with Crippen LogP contribution in [0.15, 0.2) is 0 Å². The Kier molecular flexibility index (Phi) is 15.4. The summed E-state index contributed by atoms with van der Waals surface area (Å²) in [7, 11) is -4.28. The first-order chi connectivity index (χ1) is 13.9. The van der Waals surface area contributed by atoms with E-state index in [1.165, 1.54) is 12.8 Å². The summed E-state index contributed by atoms with van der Waals surface area (Å²) < 4.78 is 4.94. The predicted octanol–water partition coefficient (Wildman–Crippen LogP) is 7.83. The van der Waals surface area contributed by atoms with Gasteiger partial charge in [-0.2, -0.15) is 0 Å². The molecule has 0 unspecified atom stereocenters. The topological polar surface area (TPSA) is 9.23 Å². The Bertz CT molecular complexity index is 420. The monoisotopic (exact) mass is 664 g/mol. The molecule has 0 spiro atoms. The molecule has 2 saturated carbocycles. The molecule has 10 radical (unpaired) electrons. The fourth-order valence-corrected chi connectivity index (χ4v) is 8.24. The van der Waals surface area contributed by atoms with Gasteiger partial charge in [0.25, 0.3) is 0 Å². The summed E-state index contributed by atoms with van der Waals surface area (Å²) in [5.41, 5.74) is 6.46. The first kappa shape index (κ1) is 34.3. The van der Waals surface area contributed by atoms with E-state index in [1.54, 1.807) is 22.2 Å². The fraction of sp³-hybridized carbons (Fsp3) is 0.615. The molecule has 3 rings (SSSR count). The van der Waals surface area contributed by atoms with Crippen molar-refractivity contribution in [3.63, 3.8) is 0 Å². The number of hydrogen-bond acceptors (Lipinski definition) is 1. The molecule has 0 bridgehead atoms. The summed E-state index contributed by atoms with van der Waals surface area (Å²) in [6.45, 7) is 31.0. The summed E-state index contributed by atoms with van der Waals surface area (Å²) in [6, 6.07) is 0. The predicted molar refractivity (Wildman–Crippen MR) is 152 cm³/mol. The van der Waals surface area contributed by atoms with Gasteiger partial charge in [-0.1, -0.05) is 78.6 Å². The van der Waals surface area contributed by atoms with Gasteiger partial charge in [-0.3, -0.25) is 0 Å². The minimum absolute atomic E-state index is 0. The Morgan fingerprint density at radius 3 is 0.781 bits per heavy atom. The molecule has 0 amide bonds. The molecule has 1 saturated heterocycles. The normalized spacial score (nSPS) is 22.1. The van der Waals surface area contributed by atoms with Gasteiger partial charge in [-0.15, -0.1) is 0 Å². The smallest absolute Gasteiger partial charge is 0.0516 e. The Morgan fingerprint density at radius 2 is 0.688 bits per heavy atom. The minimum Gasteiger partial charge on any atom is -0.381 e. The molecule has 1 aliphatic heterocycles. The summed E-state index contributed by atoms with van der Waals surface area (Å²) in [5.74, 6) is 0. The second-order valence-corrected chi connectivity index (χ2v) is 33.4. The molecule has 2 aliphatic carbocycles. The fourth-order valence-electron chi connectivity index (χ4n) is 3.26. The maximum atomic E-state index is 4.94. The van der Waals surface area contributed by atoms with Crippen molar-refractivity contribution in [1.29, 1.82) is 0 Å². The van der Waals surface area contributed by atoms with Crippen molar-refractivity contribution < 1.29 is 51.7 Å². The Balaban J connectivity index is 0.000000482. The SMILES string of the molecule is C1CCOC1.C[Si](C)(C)[C]1[CH][CH][C]([Si](C)(C)C)[CH]1.C[Si](C)(C)[C]1[CH][CH][C]([Si](C)(C)C)[CH]1.[Yb]. The average molecular weight is 664 g/mol. The summed E-state index contributed by atoms with van der Waals surface area (Å²) in [6.07, 6.45) is 16.9. The van der Waals surface area contributed by atoms with Crippen LogP contribution < -0.4 is 0 Å². The van der Waals surface area contributed by atoms with E-state index in [0.717, 1.165) is 13.2 Å². The van der Waals surface area contributed by atoms with E-state index in [-0.39, 0.29) is 46.9 Å². The molecule has 0 N–H and O–H groups in total. The van der Waals surface area contributed by atoms with Crippen molar-refractivity contribution in [2.75, 3.05) is 13.2 Å². The third kappa shape index (κ3) is 13.1. The van der Waals surface area contributed by atoms with Crippen LogP contribution in [0.1, 0.15) is 12.8 Å². The van der Waals surface area contributed by atoms with E-state index in [1.807, 2.05) is 0 Å². The number of rotatable bonds is 4. The first-order valence-corrected chi connectivity index (χ1v) is 26.1. The summed E-state index contributed by atoms with van der Waals surface area (Å²) in [5, 5.41) is 0. The van der Waals surface area contributed by atoms with E-state index in [0.29, 0.717) is 0 Å². The van der Waals surface area contributed by atoms with Crippen molar-refractivity contribution in [2.45, 2.75) is 91.4 Å². The minimum atomic E-state index is -1.07. The van der Waals surface area contributed by atoms with Crippen LogP contribution in [0.25, 0.3) is 0 Å². The maximum Gasteiger partial charge on any atom is 0.0516 e. The quantitative estimate of drug-likeness (QED) is 0.279. The van der Waals surface area contributed by atoms with Gasteiger partial charge in [0.1, 0.15) is 0 Å². The van der Waals surface area contributed by atoms with E-state index < -0.39 is 32.3 Å². The van der Waals surface area contributed by atoms with Crippen LogP contribution >= 0.6 is 0 Å². The molecule has 1 heterocycles. The third-order valence-corrected chi connectivity index (χ3v) is 14.0. The van der Waals surface area contributed by atoms with Crippen molar-refractivity contribution in [2.24, 2.45) is 0 Å². The van der Waals surface area contributed by atoms with Crippen LogP contribution in [-0.4, -0.2) is 45.5 Å². The molecule has 0 aromatic heterocycles. The van der Waals surface area contributed by atoms with Crippen LogP contribution in [0, 0.1) is 108 Å². The van der Waals surface area contributed by atoms with E-state index >= 15 is 0 Å². The van der Waals surface area contributed by atoms with Crippen LogP contribution in [-0.2, 0) is 4.74 Å². The zero-order chi connectivity index (χ0) is 24.1. The molecular formula is C26H50OSi4Yb. The molecule has 3 aliphatic rings. The maximum absolute atomic E-state index is 4.94. The van der Waals surface area contributed by atoms with Gasteiger partial charge in [0.15, 0.2) is 0 Å². The Hall–Kier alpha value is 2.35. The van der Waals surface area contributed by atoms with Crippen molar-refractivity contribution >= 4 is 32.3 Å². The molecule has 3 fully saturated rings. The zero-order valence-corrected chi connectivity index (χ0v) is 28.7. The van der Waals surface area contributed by atoms with Gasteiger partial charge in [-0.05, 0) is 73.5 Å². The van der Waals surface area contributed by atoms with E-state index in [9.17, 15) is 0 Å². The van der Waals surface area contributed by atoms with Crippen molar-refractivity contribution in [3.05, 3.63) is 60.7 Å². The van der Waals surface area contributed by atoms with Gasteiger partial charge in [0, 0.05) is 60.1 Å². The number of ether oxygens (including phenoxy) is 1. The van der Waals surface area contributed by atoms with Crippen molar-refractivity contribution in [3.8, 4) is 0 Å². The second-order valence-electron chi connectivity index (χ2n) is 13.1. The van der Waals surface area contributed by atoms with Gasteiger partial charge >= 0.3 is 0 Å². The standard InChI is InChI=1S/2C11H21Si2.C4H8O.Yb/c2*1-12(2,3)10-7-8-11(9-10)13(4,5)6;1-2-4-5-3-1;/h2*7-9H,1-6H3;1-4H2;. The molecule has 32 heavy (non-hydrogen) atoms. The Labute approximate surface area is 246 Å². The van der Waals surface area contributed by atoms with Gasteiger partial charge in [0.05, 0.1) is 32.3 Å². The summed E-state index contributed by atoms with van der Waals surface area (Å²) >= 11 is 0. The molecule has 0 atom stereocenters. The van der Waals surface area contributed by atoms with Gasteiger partial charge in [-0.25, -0.2) is 0 Å². The molecular weight excluding hydrogens is 614 g/mol. The molecule has 0 aromatic carbocycles. The molecule has 0 aromatic rings. The second kappa shape index (κ2) is 14.3. The van der Waals surface area contributed by atoms with Gasteiger partial charge in [0.2, 0.25) is 0 Å². The molecule has 190 valence electrons. The van der Waals surface area contributed by atoms with Crippen LogP contribution in [0.3, 0.4) is 0 Å². The van der Waals surface area contributed by atoms with E-state index in [4.69, 9.17) is 4.74 Å². The molecule has 1 nitrogen and oxygen atoms in total. The van der Waals surface area contributed by atoms with Crippen LogP contribution in [0.2, 0.25) is 78.6 Å². The largest absolute Gasteiger partial charge is 0.381 e.